The molecular formula is C20H27NO. The minimum atomic E-state index is -0.361. The molecule has 2 nitrogen and oxygen atoms in total. The molecule has 1 aromatic rings. The predicted molar refractivity (Wildman–Crippen MR) is 91.7 cm³/mol. The number of benzene rings is 1. The third-order valence-electron chi connectivity index (χ3n) is 5.31. The van der Waals surface area contributed by atoms with E-state index in [4.69, 9.17) is 0 Å². The fraction of sp³-hybridized carbons (Fsp3) is 0.550. The van der Waals surface area contributed by atoms with Gasteiger partial charge in [0.1, 0.15) is 0 Å². The van der Waals surface area contributed by atoms with Crippen molar-refractivity contribution in [2.75, 3.05) is 13.1 Å². The molecule has 1 aliphatic heterocycles. The van der Waals surface area contributed by atoms with Crippen molar-refractivity contribution in [1.82, 2.24) is 4.90 Å². The van der Waals surface area contributed by atoms with Crippen molar-refractivity contribution in [3.8, 4) is 0 Å². The Kier molecular flexibility index (Phi) is 4.12. The van der Waals surface area contributed by atoms with E-state index in [1.165, 1.54) is 18.5 Å². The highest BCUT2D eigenvalue weighted by atomic mass is 16.1. The number of rotatable bonds is 3. The van der Waals surface area contributed by atoms with Crippen molar-refractivity contribution in [1.29, 1.82) is 0 Å². The number of hydrogen-bond donors (Lipinski definition) is 0. The van der Waals surface area contributed by atoms with Gasteiger partial charge in [-0.05, 0) is 43.7 Å². The third-order valence-corrected chi connectivity index (χ3v) is 5.31. The van der Waals surface area contributed by atoms with E-state index in [1.54, 1.807) is 0 Å². The number of carbonyl (C=O) groups excluding carboxylic acids is 1. The van der Waals surface area contributed by atoms with Crippen molar-refractivity contribution in [2.45, 2.75) is 46.5 Å². The van der Waals surface area contributed by atoms with Crippen LogP contribution >= 0.6 is 0 Å². The van der Waals surface area contributed by atoms with Gasteiger partial charge in [0.2, 0.25) is 0 Å². The molecule has 118 valence electrons. The van der Waals surface area contributed by atoms with Gasteiger partial charge in [-0.1, -0.05) is 44.5 Å². The van der Waals surface area contributed by atoms with Gasteiger partial charge in [-0.3, -0.25) is 4.79 Å². The van der Waals surface area contributed by atoms with Crippen LogP contribution in [0.3, 0.4) is 0 Å². The van der Waals surface area contributed by atoms with Crippen LogP contribution in [-0.2, 0) is 0 Å². The van der Waals surface area contributed by atoms with Gasteiger partial charge >= 0.3 is 0 Å². The monoisotopic (exact) mass is 297 g/mol. The number of Topliss-reactive ketones (excluding diaryl/α,β-unsaturated/α-hetero) is 1. The Labute approximate surface area is 134 Å². The molecule has 0 aromatic heterocycles. The number of nitrogens with zero attached hydrogens (tertiary/aromatic N) is 1. The summed E-state index contributed by atoms with van der Waals surface area (Å²) < 4.78 is 0. The number of fused-ring (bicyclic) bond motifs is 1. The molecule has 1 aromatic carbocycles. The van der Waals surface area contributed by atoms with Gasteiger partial charge in [-0.25, -0.2) is 0 Å². The van der Waals surface area contributed by atoms with Gasteiger partial charge in [0.05, 0.1) is 5.41 Å². The number of ketones is 1. The van der Waals surface area contributed by atoms with Gasteiger partial charge in [-0.15, -0.1) is 0 Å². The molecule has 0 spiro atoms. The number of allylic oxidation sites excluding steroid dienone is 1. The Morgan fingerprint density at radius 1 is 1.32 bits per heavy atom. The molecule has 1 saturated heterocycles. The highest BCUT2D eigenvalue weighted by molar-refractivity contribution is 6.07. The molecule has 0 amide bonds. The number of likely N-dealkylation sites (tertiary alicyclic amines) is 1. The molecule has 2 atom stereocenters. The standard InChI is InChI=1S/C20H27NO/c1-4-11-20(3)18(21-12-7-8-15(2)14-21)13-16-9-5-6-10-17(16)19(20)22/h5-6,9-10,13,15H,4,7-8,11-12,14H2,1-3H3. The second-order valence-electron chi connectivity index (χ2n) is 7.22. The number of carbonyl (C=O) groups is 1. The highest BCUT2D eigenvalue weighted by Gasteiger charge is 2.43. The maximum Gasteiger partial charge on any atom is 0.175 e. The summed E-state index contributed by atoms with van der Waals surface area (Å²) in [6.45, 7) is 8.82. The maximum absolute atomic E-state index is 13.2. The van der Waals surface area contributed by atoms with Crippen molar-refractivity contribution < 1.29 is 4.79 Å². The summed E-state index contributed by atoms with van der Waals surface area (Å²) in [4.78, 5) is 15.7. The van der Waals surface area contributed by atoms with E-state index in [0.717, 1.165) is 37.1 Å². The molecule has 2 aliphatic rings. The van der Waals surface area contributed by atoms with Crippen LogP contribution in [0.25, 0.3) is 6.08 Å². The molecule has 3 rings (SSSR count). The van der Waals surface area contributed by atoms with E-state index in [1.807, 2.05) is 18.2 Å². The minimum Gasteiger partial charge on any atom is -0.374 e. The summed E-state index contributed by atoms with van der Waals surface area (Å²) >= 11 is 0. The summed E-state index contributed by atoms with van der Waals surface area (Å²) in [5.74, 6) is 1.02. The predicted octanol–water partition coefficient (Wildman–Crippen LogP) is 4.76. The summed E-state index contributed by atoms with van der Waals surface area (Å²) in [5.41, 5.74) is 2.88. The first-order valence-electron chi connectivity index (χ1n) is 8.67. The summed E-state index contributed by atoms with van der Waals surface area (Å²) in [7, 11) is 0. The van der Waals surface area contributed by atoms with Crippen LogP contribution in [0.4, 0.5) is 0 Å². The zero-order chi connectivity index (χ0) is 15.7. The van der Waals surface area contributed by atoms with E-state index in [2.05, 4.69) is 37.8 Å². The molecule has 1 aliphatic carbocycles. The first-order chi connectivity index (χ1) is 10.6. The Hall–Kier alpha value is -1.57. The zero-order valence-electron chi connectivity index (χ0n) is 14.1. The van der Waals surface area contributed by atoms with E-state index in [9.17, 15) is 4.79 Å². The van der Waals surface area contributed by atoms with Crippen LogP contribution < -0.4 is 0 Å². The lowest BCUT2D eigenvalue weighted by molar-refractivity contribution is 0.0777. The normalized spacial score (nSPS) is 28.3. The van der Waals surface area contributed by atoms with Crippen LogP contribution in [0.5, 0.6) is 0 Å². The van der Waals surface area contributed by atoms with Gasteiger partial charge < -0.3 is 4.90 Å². The second kappa shape index (κ2) is 5.91. The SMILES string of the molecule is CCCC1(C)C(=O)c2ccccc2C=C1N1CCCC(C)C1. The van der Waals surface area contributed by atoms with Gasteiger partial charge in [0.15, 0.2) is 5.78 Å². The van der Waals surface area contributed by atoms with E-state index in [-0.39, 0.29) is 5.41 Å². The number of hydrogen-bond acceptors (Lipinski definition) is 2. The van der Waals surface area contributed by atoms with E-state index < -0.39 is 0 Å². The molecule has 2 unspecified atom stereocenters. The maximum atomic E-state index is 13.2. The summed E-state index contributed by atoms with van der Waals surface area (Å²) in [6, 6.07) is 8.07. The quantitative estimate of drug-likeness (QED) is 0.801. The number of piperidine rings is 1. The molecule has 1 heterocycles. The lowest BCUT2D eigenvalue weighted by Gasteiger charge is -2.44. The van der Waals surface area contributed by atoms with Crippen molar-refractivity contribution >= 4 is 11.9 Å². The minimum absolute atomic E-state index is 0.306. The molecule has 2 heteroatoms. The third kappa shape index (κ3) is 2.49. The van der Waals surface area contributed by atoms with Crippen LogP contribution in [0.2, 0.25) is 0 Å². The summed E-state index contributed by atoms with van der Waals surface area (Å²) in [5, 5.41) is 0. The molecule has 0 bridgehead atoms. The average Bonchev–Trinajstić information content (AvgIpc) is 2.51. The van der Waals surface area contributed by atoms with Crippen LogP contribution in [-0.4, -0.2) is 23.8 Å². The van der Waals surface area contributed by atoms with E-state index >= 15 is 0 Å². The Morgan fingerprint density at radius 2 is 2.09 bits per heavy atom. The topological polar surface area (TPSA) is 20.3 Å². The molecule has 22 heavy (non-hydrogen) atoms. The van der Waals surface area contributed by atoms with E-state index in [0.29, 0.717) is 11.7 Å². The van der Waals surface area contributed by atoms with Crippen molar-refractivity contribution in [3.63, 3.8) is 0 Å². The van der Waals surface area contributed by atoms with Crippen molar-refractivity contribution in [3.05, 3.63) is 41.1 Å². The molecule has 0 N–H and O–H groups in total. The van der Waals surface area contributed by atoms with Gasteiger partial charge in [0.25, 0.3) is 0 Å². The average molecular weight is 297 g/mol. The molecule has 0 radical (unpaired) electrons. The lowest BCUT2D eigenvalue weighted by atomic mass is 9.70. The molecular weight excluding hydrogens is 270 g/mol. The lowest BCUT2D eigenvalue weighted by Crippen LogP contribution is -2.44. The fourth-order valence-corrected chi connectivity index (χ4v) is 4.14. The zero-order valence-corrected chi connectivity index (χ0v) is 14.1. The van der Waals surface area contributed by atoms with Gasteiger partial charge in [-0.2, -0.15) is 0 Å². The van der Waals surface area contributed by atoms with Crippen LogP contribution in [0, 0.1) is 11.3 Å². The Morgan fingerprint density at radius 3 is 2.82 bits per heavy atom. The molecule has 1 fully saturated rings. The first-order valence-corrected chi connectivity index (χ1v) is 8.67. The largest absolute Gasteiger partial charge is 0.374 e. The fourth-order valence-electron chi connectivity index (χ4n) is 4.14. The summed E-state index contributed by atoms with van der Waals surface area (Å²) in [6.07, 6.45) is 6.78. The first kappa shape index (κ1) is 15.3. The van der Waals surface area contributed by atoms with Crippen molar-refractivity contribution in [2.24, 2.45) is 11.3 Å². The highest BCUT2D eigenvalue weighted by Crippen LogP contribution is 2.44. The van der Waals surface area contributed by atoms with Crippen LogP contribution in [0.15, 0.2) is 30.0 Å². The molecule has 0 saturated carbocycles. The Balaban J connectivity index is 2.07. The smallest absolute Gasteiger partial charge is 0.175 e. The second-order valence-corrected chi connectivity index (χ2v) is 7.22. The van der Waals surface area contributed by atoms with Crippen LogP contribution in [0.1, 0.15) is 62.4 Å². The van der Waals surface area contributed by atoms with Gasteiger partial charge in [0, 0.05) is 24.4 Å². The Bertz CT molecular complexity index is 603.